The molecular formula is C19H25IN6OS. The lowest BCUT2D eigenvalue weighted by molar-refractivity contribution is 0.414. The highest BCUT2D eigenvalue weighted by Crippen LogP contribution is 2.15. The number of nitrogens with one attached hydrogen (secondary N) is 2. The van der Waals surface area contributed by atoms with Gasteiger partial charge in [0.15, 0.2) is 5.96 Å². The van der Waals surface area contributed by atoms with Gasteiger partial charge in [0.25, 0.3) is 0 Å². The van der Waals surface area contributed by atoms with E-state index in [4.69, 9.17) is 4.74 Å². The van der Waals surface area contributed by atoms with Gasteiger partial charge in [-0.2, -0.15) is 5.10 Å². The average Bonchev–Trinajstić information content (AvgIpc) is 3.37. The predicted molar refractivity (Wildman–Crippen MR) is 124 cm³/mol. The molecule has 28 heavy (non-hydrogen) atoms. The SMILES string of the molecule is CCc1cnc(CNC(=NC)NCc2ccn(-c3ccc(OC)cc3)n2)s1.I. The molecule has 0 bridgehead atoms. The smallest absolute Gasteiger partial charge is 0.191 e. The van der Waals surface area contributed by atoms with Crippen molar-refractivity contribution in [3.63, 3.8) is 0 Å². The van der Waals surface area contributed by atoms with E-state index in [9.17, 15) is 0 Å². The number of hydrogen-bond acceptors (Lipinski definition) is 5. The number of methoxy groups -OCH3 is 1. The molecule has 150 valence electrons. The van der Waals surface area contributed by atoms with Crippen LogP contribution in [0, 0.1) is 0 Å². The van der Waals surface area contributed by atoms with Crippen molar-refractivity contribution in [2.45, 2.75) is 26.4 Å². The minimum absolute atomic E-state index is 0. The molecule has 0 aliphatic heterocycles. The summed E-state index contributed by atoms with van der Waals surface area (Å²) in [6.45, 7) is 3.38. The lowest BCUT2D eigenvalue weighted by Gasteiger charge is -2.09. The van der Waals surface area contributed by atoms with Gasteiger partial charge in [-0.1, -0.05) is 6.92 Å². The minimum Gasteiger partial charge on any atom is -0.497 e. The van der Waals surface area contributed by atoms with E-state index >= 15 is 0 Å². The molecule has 3 rings (SSSR count). The van der Waals surface area contributed by atoms with Crippen LogP contribution in [0.4, 0.5) is 0 Å². The zero-order valence-corrected chi connectivity index (χ0v) is 19.3. The van der Waals surface area contributed by atoms with Crippen LogP contribution in [0.15, 0.2) is 47.7 Å². The topological polar surface area (TPSA) is 76.4 Å². The van der Waals surface area contributed by atoms with Crippen molar-refractivity contribution in [3.8, 4) is 11.4 Å². The Bertz CT molecular complexity index is 890. The summed E-state index contributed by atoms with van der Waals surface area (Å²) in [5.41, 5.74) is 1.91. The number of aliphatic imine (C=N–C) groups is 1. The first kappa shape index (κ1) is 22.2. The van der Waals surface area contributed by atoms with Gasteiger partial charge < -0.3 is 15.4 Å². The molecule has 2 N–H and O–H groups in total. The molecule has 0 saturated heterocycles. The summed E-state index contributed by atoms with van der Waals surface area (Å²) in [7, 11) is 3.41. The van der Waals surface area contributed by atoms with Gasteiger partial charge in [0.1, 0.15) is 10.8 Å². The largest absolute Gasteiger partial charge is 0.497 e. The Kier molecular flexibility index (Phi) is 8.71. The van der Waals surface area contributed by atoms with Crippen LogP contribution in [0.5, 0.6) is 5.75 Å². The van der Waals surface area contributed by atoms with Crippen molar-refractivity contribution in [1.82, 2.24) is 25.4 Å². The van der Waals surface area contributed by atoms with E-state index in [-0.39, 0.29) is 24.0 Å². The Balaban J connectivity index is 0.00000280. The van der Waals surface area contributed by atoms with E-state index in [0.717, 1.165) is 34.5 Å². The second-order valence-electron chi connectivity index (χ2n) is 5.80. The maximum Gasteiger partial charge on any atom is 0.191 e. The fourth-order valence-corrected chi connectivity index (χ4v) is 3.28. The molecule has 0 spiro atoms. The van der Waals surface area contributed by atoms with E-state index in [0.29, 0.717) is 13.1 Å². The van der Waals surface area contributed by atoms with Crippen molar-refractivity contribution < 1.29 is 4.74 Å². The number of rotatable bonds is 7. The van der Waals surface area contributed by atoms with Crippen LogP contribution in [0.3, 0.4) is 0 Å². The number of aryl methyl sites for hydroxylation is 1. The number of benzene rings is 1. The Morgan fingerprint density at radius 3 is 2.57 bits per heavy atom. The summed E-state index contributed by atoms with van der Waals surface area (Å²) in [5.74, 6) is 1.55. The zero-order chi connectivity index (χ0) is 19.1. The zero-order valence-electron chi connectivity index (χ0n) is 16.2. The molecule has 0 radical (unpaired) electrons. The van der Waals surface area contributed by atoms with E-state index in [1.807, 2.05) is 47.4 Å². The molecule has 0 fully saturated rings. The van der Waals surface area contributed by atoms with E-state index in [1.54, 1.807) is 25.5 Å². The molecule has 2 aromatic heterocycles. The maximum absolute atomic E-state index is 5.19. The molecule has 7 nitrogen and oxygen atoms in total. The van der Waals surface area contributed by atoms with E-state index < -0.39 is 0 Å². The molecule has 3 aromatic rings. The van der Waals surface area contributed by atoms with Gasteiger partial charge in [-0.15, -0.1) is 35.3 Å². The number of nitrogens with zero attached hydrogens (tertiary/aromatic N) is 4. The number of halogens is 1. The average molecular weight is 512 g/mol. The van der Waals surface area contributed by atoms with Crippen LogP contribution in [0.2, 0.25) is 0 Å². The Labute approximate surface area is 186 Å². The number of thiazole rings is 1. The fraction of sp³-hybridized carbons (Fsp3) is 0.316. The van der Waals surface area contributed by atoms with Crippen LogP contribution >= 0.6 is 35.3 Å². The number of hydrogen-bond donors (Lipinski definition) is 2. The predicted octanol–water partition coefficient (Wildman–Crippen LogP) is 3.38. The van der Waals surface area contributed by atoms with Gasteiger partial charge in [0.05, 0.1) is 31.6 Å². The van der Waals surface area contributed by atoms with Gasteiger partial charge >= 0.3 is 0 Å². The summed E-state index contributed by atoms with van der Waals surface area (Å²) < 4.78 is 7.03. The molecule has 0 atom stereocenters. The first-order valence-corrected chi connectivity index (χ1v) is 9.60. The molecule has 0 amide bonds. The Hall–Kier alpha value is -2.14. The van der Waals surface area contributed by atoms with Gasteiger partial charge in [0.2, 0.25) is 0 Å². The van der Waals surface area contributed by atoms with Gasteiger partial charge in [-0.3, -0.25) is 4.99 Å². The number of guanidine groups is 1. The molecular weight excluding hydrogens is 487 g/mol. The quantitative estimate of drug-likeness (QED) is 0.289. The fourth-order valence-electron chi connectivity index (χ4n) is 2.48. The number of aromatic nitrogens is 3. The lowest BCUT2D eigenvalue weighted by atomic mass is 10.3. The molecule has 0 aliphatic carbocycles. The van der Waals surface area contributed by atoms with Crippen LogP contribution in [0.25, 0.3) is 5.69 Å². The summed E-state index contributed by atoms with van der Waals surface area (Å²) >= 11 is 1.72. The van der Waals surface area contributed by atoms with E-state index in [1.165, 1.54) is 4.88 Å². The summed E-state index contributed by atoms with van der Waals surface area (Å²) in [4.78, 5) is 9.95. The van der Waals surface area contributed by atoms with Crippen molar-refractivity contribution in [2.75, 3.05) is 14.2 Å². The maximum atomic E-state index is 5.19. The van der Waals surface area contributed by atoms with Crippen LogP contribution in [-0.4, -0.2) is 34.9 Å². The Morgan fingerprint density at radius 2 is 1.93 bits per heavy atom. The third-order valence-corrected chi connectivity index (χ3v) is 5.14. The monoisotopic (exact) mass is 512 g/mol. The van der Waals surface area contributed by atoms with Crippen molar-refractivity contribution in [3.05, 3.63) is 58.3 Å². The van der Waals surface area contributed by atoms with Crippen LogP contribution in [0.1, 0.15) is 22.5 Å². The highest BCUT2D eigenvalue weighted by molar-refractivity contribution is 14.0. The summed E-state index contributed by atoms with van der Waals surface area (Å²) in [6, 6.07) is 9.77. The second kappa shape index (κ2) is 11.0. The first-order valence-electron chi connectivity index (χ1n) is 8.79. The lowest BCUT2D eigenvalue weighted by Crippen LogP contribution is -2.36. The van der Waals surface area contributed by atoms with Gasteiger partial charge in [0, 0.05) is 24.3 Å². The normalized spacial score (nSPS) is 11.0. The highest BCUT2D eigenvalue weighted by atomic mass is 127. The minimum atomic E-state index is 0. The van der Waals surface area contributed by atoms with Crippen molar-refractivity contribution in [2.24, 2.45) is 4.99 Å². The third kappa shape index (κ3) is 5.93. The second-order valence-corrected chi connectivity index (χ2v) is 7.00. The van der Waals surface area contributed by atoms with Crippen LogP contribution < -0.4 is 15.4 Å². The molecule has 0 unspecified atom stereocenters. The highest BCUT2D eigenvalue weighted by Gasteiger charge is 2.05. The summed E-state index contributed by atoms with van der Waals surface area (Å²) in [6.07, 6.45) is 4.89. The van der Waals surface area contributed by atoms with E-state index in [2.05, 4.69) is 32.6 Å². The third-order valence-electron chi connectivity index (χ3n) is 4.00. The molecule has 1 aromatic carbocycles. The number of ether oxygens (including phenoxy) is 1. The summed E-state index contributed by atoms with van der Waals surface area (Å²) in [5, 5.41) is 12.2. The molecule has 2 heterocycles. The van der Waals surface area contributed by atoms with Crippen molar-refractivity contribution >= 4 is 41.3 Å². The molecule has 0 aliphatic rings. The molecule has 9 heteroatoms. The van der Waals surface area contributed by atoms with Gasteiger partial charge in [-0.25, -0.2) is 9.67 Å². The van der Waals surface area contributed by atoms with Gasteiger partial charge in [-0.05, 0) is 36.8 Å². The first-order chi connectivity index (χ1) is 13.2. The van der Waals surface area contributed by atoms with Crippen LogP contribution in [-0.2, 0) is 19.5 Å². The Morgan fingerprint density at radius 1 is 1.18 bits per heavy atom. The standard InChI is InChI=1S/C19H24N6OS.HI/c1-4-17-12-21-18(27-17)13-23-19(20-2)22-11-14-9-10-25(24-14)15-5-7-16(26-3)8-6-15;/h5-10,12H,4,11,13H2,1-3H3,(H2,20,22,23);1H. The van der Waals surface area contributed by atoms with Crippen molar-refractivity contribution in [1.29, 1.82) is 0 Å². The molecule has 0 saturated carbocycles.